The lowest BCUT2D eigenvalue weighted by Crippen LogP contribution is -2.33. The minimum absolute atomic E-state index is 0.159. The molecule has 2 heterocycles. The van der Waals surface area contributed by atoms with Crippen LogP contribution in [0, 0.1) is 6.17 Å². The van der Waals surface area contributed by atoms with Crippen LogP contribution in [0.4, 0.5) is 39.8 Å². The molecule has 4 nitrogen and oxygen atoms in total. The molecule has 1 radical (unpaired) electrons. The Labute approximate surface area is 439 Å². The monoisotopic (exact) mass is 964 g/mol. The van der Waals surface area contributed by atoms with Gasteiger partial charge in [-0.3, -0.25) is 0 Å². The predicted molar refractivity (Wildman–Crippen MR) is 315 cm³/mol. The minimum Gasteiger partial charge on any atom is -0.310 e. The molecule has 74 heavy (non-hydrogen) atoms. The standard InChI is InChI=1S/C70H67N4/c1-44(2)53-26-20-27-54(45(3)4)67(53)73-65-32-18-19-33-66(65)74(68-55(46(5)6)28-21-29-56(68)47(7)8)69(73)48-34-36-50(37-35-48)71(52-38-40-58-57-24-14-16-30-61(57)70(9,10)62(58)43-52)51-39-41-64-60(42-51)59-25-15-17-31-63(59)72(64)49-22-12-11-13-23-49/h11-47H,1-10H3. The lowest BCUT2D eigenvalue weighted by molar-refractivity contribution is 0.660. The average molecular weight is 964 g/mol. The van der Waals surface area contributed by atoms with Crippen molar-refractivity contribution in [2.75, 3.05) is 14.7 Å². The Kier molecular flexibility index (Phi) is 11.7. The van der Waals surface area contributed by atoms with Crippen molar-refractivity contribution in [2.24, 2.45) is 0 Å². The van der Waals surface area contributed by atoms with Crippen molar-refractivity contribution in [3.8, 4) is 16.8 Å². The van der Waals surface area contributed by atoms with E-state index in [4.69, 9.17) is 0 Å². The second-order valence-electron chi connectivity index (χ2n) is 22.3. The highest BCUT2D eigenvalue weighted by Crippen LogP contribution is 2.58. The van der Waals surface area contributed by atoms with Crippen molar-refractivity contribution in [2.45, 2.75) is 98.3 Å². The maximum Gasteiger partial charge on any atom is 0.196 e. The molecule has 0 spiro atoms. The number of nitrogens with zero attached hydrogens (tertiary/aromatic N) is 4. The van der Waals surface area contributed by atoms with Crippen LogP contribution in [-0.4, -0.2) is 4.57 Å². The molecular formula is C70H67N4. The van der Waals surface area contributed by atoms with E-state index in [9.17, 15) is 0 Å². The normalized spacial score (nSPS) is 14.0. The van der Waals surface area contributed by atoms with Gasteiger partial charge in [-0.1, -0.05) is 197 Å². The Bertz CT molecular complexity index is 3600. The Morgan fingerprint density at radius 2 is 0.851 bits per heavy atom. The van der Waals surface area contributed by atoms with Crippen molar-refractivity contribution in [1.82, 2.24) is 4.57 Å². The molecular weight excluding hydrogens is 897 g/mol. The van der Waals surface area contributed by atoms with Gasteiger partial charge in [-0.2, -0.15) is 0 Å². The molecule has 0 saturated carbocycles. The number of benzene rings is 9. The summed E-state index contributed by atoms with van der Waals surface area (Å²) >= 11 is 0. The van der Waals surface area contributed by atoms with Crippen molar-refractivity contribution in [3.63, 3.8) is 0 Å². The summed E-state index contributed by atoms with van der Waals surface area (Å²) in [6.45, 7) is 23.5. The molecule has 0 atom stereocenters. The van der Waals surface area contributed by atoms with Crippen LogP contribution in [0.2, 0.25) is 0 Å². The highest BCUT2D eigenvalue weighted by atomic mass is 15.4. The summed E-state index contributed by atoms with van der Waals surface area (Å²) in [5, 5.41) is 2.45. The summed E-state index contributed by atoms with van der Waals surface area (Å²) in [7, 11) is 0. The number of para-hydroxylation sites is 6. The second-order valence-corrected chi connectivity index (χ2v) is 22.3. The quantitative estimate of drug-likeness (QED) is 0.128. The summed E-state index contributed by atoms with van der Waals surface area (Å²) in [6, 6.07) is 75.3. The van der Waals surface area contributed by atoms with Gasteiger partial charge in [0, 0.05) is 44.5 Å². The van der Waals surface area contributed by atoms with Crippen LogP contribution in [0.3, 0.4) is 0 Å². The van der Waals surface area contributed by atoms with E-state index >= 15 is 0 Å². The van der Waals surface area contributed by atoms with Gasteiger partial charge in [0.25, 0.3) is 0 Å². The van der Waals surface area contributed by atoms with Crippen LogP contribution in [0.1, 0.15) is 132 Å². The highest BCUT2D eigenvalue weighted by Gasteiger charge is 2.44. The van der Waals surface area contributed by atoms with E-state index in [-0.39, 0.29) is 5.41 Å². The van der Waals surface area contributed by atoms with E-state index in [2.05, 4.69) is 289 Å². The molecule has 9 aromatic carbocycles. The van der Waals surface area contributed by atoms with Gasteiger partial charge in [0.1, 0.15) is 0 Å². The number of rotatable bonds is 11. The highest BCUT2D eigenvalue weighted by molar-refractivity contribution is 6.11. The fraction of sp³-hybridized carbons (Fsp3) is 0.214. The molecule has 10 aromatic rings. The van der Waals surface area contributed by atoms with Gasteiger partial charge in [0.2, 0.25) is 0 Å². The third-order valence-corrected chi connectivity index (χ3v) is 16.1. The van der Waals surface area contributed by atoms with Crippen molar-refractivity contribution < 1.29 is 0 Å². The smallest absolute Gasteiger partial charge is 0.196 e. The Balaban J connectivity index is 1.09. The van der Waals surface area contributed by atoms with E-state index in [1.54, 1.807) is 0 Å². The molecule has 12 rings (SSSR count). The van der Waals surface area contributed by atoms with Gasteiger partial charge in [-0.25, -0.2) is 0 Å². The van der Waals surface area contributed by atoms with Gasteiger partial charge in [0.05, 0.1) is 33.8 Å². The lowest BCUT2D eigenvalue weighted by atomic mass is 9.82. The maximum atomic E-state index is 2.62. The Hall–Kier alpha value is -7.82. The first-order valence-electron chi connectivity index (χ1n) is 26.9. The summed E-state index contributed by atoms with van der Waals surface area (Å²) in [5.74, 6) is 1.22. The second kappa shape index (κ2) is 18.3. The van der Waals surface area contributed by atoms with E-state index in [1.807, 2.05) is 0 Å². The zero-order valence-electron chi connectivity index (χ0n) is 44.7. The molecule has 1 aliphatic heterocycles. The first-order valence-corrected chi connectivity index (χ1v) is 26.9. The van der Waals surface area contributed by atoms with Gasteiger partial charge in [0.15, 0.2) is 6.17 Å². The molecule has 0 bridgehead atoms. The molecule has 367 valence electrons. The number of anilines is 7. The average Bonchev–Trinajstić information content (AvgIpc) is 4.02. The first kappa shape index (κ1) is 47.2. The molecule has 0 unspecified atom stereocenters. The molecule has 4 heteroatoms. The van der Waals surface area contributed by atoms with E-state index in [0.717, 1.165) is 34.5 Å². The molecule has 0 fully saturated rings. The van der Waals surface area contributed by atoms with Crippen LogP contribution in [0.5, 0.6) is 0 Å². The molecule has 2 aliphatic rings. The first-order chi connectivity index (χ1) is 35.8. The zero-order valence-corrected chi connectivity index (χ0v) is 44.7. The molecule has 0 N–H and O–H groups in total. The van der Waals surface area contributed by atoms with Gasteiger partial charge in [-0.15, -0.1) is 0 Å². The van der Waals surface area contributed by atoms with Crippen molar-refractivity contribution >= 4 is 61.6 Å². The Morgan fingerprint density at radius 3 is 1.45 bits per heavy atom. The predicted octanol–water partition coefficient (Wildman–Crippen LogP) is 19.9. The molecule has 1 aromatic heterocycles. The van der Waals surface area contributed by atoms with Gasteiger partial charge in [-0.05, 0) is 141 Å². The molecule has 1 aliphatic carbocycles. The Morgan fingerprint density at radius 1 is 0.378 bits per heavy atom. The zero-order chi connectivity index (χ0) is 51.2. The van der Waals surface area contributed by atoms with Gasteiger partial charge >= 0.3 is 0 Å². The molecule has 0 saturated heterocycles. The van der Waals surface area contributed by atoms with Crippen molar-refractivity contribution in [3.05, 3.63) is 245 Å². The summed E-state index contributed by atoms with van der Waals surface area (Å²) < 4.78 is 2.40. The van der Waals surface area contributed by atoms with Crippen LogP contribution < -0.4 is 14.7 Å². The number of aromatic nitrogens is 1. The summed E-state index contributed by atoms with van der Waals surface area (Å²) in [5.41, 5.74) is 23.6. The SMILES string of the molecule is CC(C)c1cccc(C(C)C)c1N1[C](c2ccc(N(c3ccc4c(c3)C(C)(C)c3ccccc3-4)c3ccc4c(c3)c3ccccc3n4-c3ccccc3)cc2)N(c2c(C(C)C)cccc2C(C)C)c2ccccc21. The number of fused-ring (bicyclic) bond motifs is 7. The maximum absolute atomic E-state index is 2.62. The van der Waals surface area contributed by atoms with E-state index < -0.39 is 0 Å². The summed E-state index contributed by atoms with van der Waals surface area (Å²) in [4.78, 5) is 7.71. The van der Waals surface area contributed by atoms with Crippen LogP contribution in [0.15, 0.2) is 200 Å². The van der Waals surface area contributed by atoms with E-state index in [1.165, 1.54) is 89.1 Å². The summed E-state index contributed by atoms with van der Waals surface area (Å²) in [6.07, 6.45) is 1.15. The third kappa shape index (κ3) is 7.47. The van der Waals surface area contributed by atoms with E-state index in [0.29, 0.717) is 23.7 Å². The van der Waals surface area contributed by atoms with Gasteiger partial charge < -0.3 is 19.3 Å². The lowest BCUT2D eigenvalue weighted by Gasteiger charge is -2.37. The van der Waals surface area contributed by atoms with Crippen LogP contribution >= 0.6 is 0 Å². The minimum atomic E-state index is -0.159. The van der Waals surface area contributed by atoms with Crippen molar-refractivity contribution in [1.29, 1.82) is 0 Å². The fourth-order valence-corrected chi connectivity index (χ4v) is 12.4. The largest absolute Gasteiger partial charge is 0.310 e. The van der Waals surface area contributed by atoms with Crippen LogP contribution in [0.25, 0.3) is 38.6 Å². The molecule has 0 amide bonds. The number of hydrogen-bond donors (Lipinski definition) is 0. The fourth-order valence-electron chi connectivity index (χ4n) is 12.4. The van der Waals surface area contributed by atoms with Crippen LogP contribution in [-0.2, 0) is 5.41 Å². The number of hydrogen-bond acceptors (Lipinski definition) is 3. The topological polar surface area (TPSA) is 14.7 Å². The third-order valence-electron chi connectivity index (χ3n) is 16.1.